The molecule has 0 saturated carbocycles. The molecular formula is C12H12F3N3OS. The molecule has 1 N–H and O–H groups in total. The second kappa shape index (κ2) is 5.19. The fourth-order valence-electron chi connectivity index (χ4n) is 1.96. The fourth-order valence-corrected chi connectivity index (χ4v) is 2.83. The van der Waals surface area contributed by atoms with Crippen molar-refractivity contribution in [3.05, 3.63) is 23.8 Å². The molecule has 0 atom stereocenters. The smallest absolute Gasteiger partial charge is 0.379 e. The van der Waals surface area contributed by atoms with Gasteiger partial charge in [-0.3, -0.25) is 5.43 Å². The number of thiazole rings is 1. The number of fused-ring (bicyclic) bond motifs is 1. The van der Waals surface area contributed by atoms with Crippen LogP contribution in [0.4, 0.5) is 18.3 Å². The Morgan fingerprint density at radius 3 is 2.70 bits per heavy atom. The molecule has 0 spiro atoms. The van der Waals surface area contributed by atoms with Crippen molar-refractivity contribution in [2.24, 2.45) is 0 Å². The number of benzene rings is 1. The monoisotopic (exact) mass is 303 g/mol. The lowest BCUT2D eigenvalue weighted by atomic mass is 10.2. The third-order valence-corrected chi connectivity index (χ3v) is 3.92. The Morgan fingerprint density at radius 1 is 1.25 bits per heavy atom. The molecule has 1 aliphatic heterocycles. The number of hydrogen-bond acceptors (Lipinski definition) is 5. The number of nitrogens with one attached hydrogen (secondary N) is 1. The highest BCUT2D eigenvalue weighted by atomic mass is 32.1. The zero-order chi connectivity index (χ0) is 14.2. The van der Waals surface area contributed by atoms with Crippen LogP contribution in [0.2, 0.25) is 0 Å². The van der Waals surface area contributed by atoms with E-state index < -0.39 is 11.7 Å². The molecule has 1 fully saturated rings. The zero-order valence-electron chi connectivity index (χ0n) is 10.4. The van der Waals surface area contributed by atoms with Crippen molar-refractivity contribution in [2.45, 2.75) is 6.18 Å². The number of hydrogen-bond donors (Lipinski definition) is 1. The molecule has 1 aliphatic rings. The highest BCUT2D eigenvalue weighted by molar-refractivity contribution is 7.22. The summed E-state index contributed by atoms with van der Waals surface area (Å²) in [6, 6.07) is 3.62. The number of aromatic nitrogens is 1. The molecule has 0 bridgehead atoms. The SMILES string of the molecule is FC(F)(F)c1ccc2sc(NN3CCOCC3)nc2c1. The summed E-state index contributed by atoms with van der Waals surface area (Å²) in [5.41, 5.74) is 2.80. The molecule has 108 valence electrons. The minimum absolute atomic E-state index is 0.362. The lowest BCUT2D eigenvalue weighted by Crippen LogP contribution is -2.40. The van der Waals surface area contributed by atoms with Gasteiger partial charge in [-0.15, -0.1) is 0 Å². The van der Waals surface area contributed by atoms with Crippen LogP contribution in [0.3, 0.4) is 0 Å². The molecule has 20 heavy (non-hydrogen) atoms. The van der Waals surface area contributed by atoms with Gasteiger partial charge in [-0.25, -0.2) is 9.99 Å². The number of halogens is 3. The van der Waals surface area contributed by atoms with Gasteiger partial charge in [0.05, 0.1) is 29.0 Å². The Kier molecular flexibility index (Phi) is 3.53. The van der Waals surface area contributed by atoms with E-state index in [0.717, 1.165) is 29.9 Å². The Labute approximate surface area is 117 Å². The second-order valence-corrected chi connectivity index (χ2v) is 5.44. The van der Waals surface area contributed by atoms with Crippen molar-refractivity contribution in [3.8, 4) is 0 Å². The Morgan fingerprint density at radius 2 is 2.00 bits per heavy atom. The van der Waals surface area contributed by atoms with E-state index in [9.17, 15) is 13.2 Å². The number of nitrogens with zero attached hydrogens (tertiary/aromatic N) is 2. The molecule has 0 radical (unpaired) electrons. The maximum atomic E-state index is 12.6. The van der Waals surface area contributed by atoms with E-state index >= 15 is 0 Å². The summed E-state index contributed by atoms with van der Waals surface area (Å²) in [4.78, 5) is 4.21. The average molecular weight is 303 g/mol. The minimum atomic E-state index is -4.34. The largest absolute Gasteiger partial charge is 0.416 e. The lowest BCUT2D eigenvalue weighted by Gasteiger charge is -2.26. The molecule has 0 unspecified atom stereocenters. The Hall–Kier alpha value is -1.38. The number of morpholine rings is 1. The topological polar surface area (TPSA) is 37.4 Å². The third-order valence-electron chi connectivity index (χ3n) is 2.98. The average Bonchev–Trinajstić information content (AvgIpc) is 2.80. The first-order valence-corrected chi connectivity index (χ1v) is 6.91. The van der Waals surface area contributed by atoms with E-state index in [1.165, 1.54) is 17.4 Å². The van der Waals surface area contributed by atoms with Crippen LogP contribution < -0.4 is 5.43 Å². The molecule has 2 heterocycles. The molecule has 2 aromatic rings. The van der Waals surface area contributed by atoms with Crippen molar-refractivity contribution in [3.63, 3.8) is 0 Å². The van der Waals surface area contributed by atoms with Crippen molar-refractivity contribution < 1.29 is 17.9 Å². The molecule has 0 aliphatic carbocycles. The quantitative estimate of drug-likeness (QED) is 0.925. The normalized spacial score (nSPS) is 17.6. The van der Waals surface area contributed by atoms with E-state index in [1.807, 2.05) is 5.01 Å². The standard InChI is InChI=1S/C12H12F3N3OS/c13-12(14,15)8-1-2-10-9(7-8)16-11(20-10)17-18-3-5-19-6-4-18/h1-2,7H,3-6H2,(H,16,17). The minimum Gasteiger partial charge on any atom is -0.379 e. The van der Waals surface area contributed by atoms with Gasteiger partial charge in [-0.05, 0) is 18.2 Å². The number of alkyl halides is 3. The molecule has 0 amide bonds. The summed E-state index contributed by atoms with van der Waals surface area (Å²) in [6.45, 7) is 2.72. The maximum Gasteiger partial charge on any atom is 0.416 e. The summed E-state index contributed by atoms with van der Waals surface area (Å²) < 4.78 is 43.9. The van der Waals surface area contributed by atoms with Gasteiger partial charge in [0.1, 0.15) is 0 Å². The van der Waals surface area contributed by atoms with Gasteiger partial charge >= 0.3 is 6.18 Å². The third kappa shape index (κ3) is 2.87. The van der Waals surface area contributed by atoms with Gasteiger partial charge in [0, 0.05) is 13.1 Å². The summed E-state index contributed by atoms with van der Waals surface area (Å²) in [7, 11) is 0. The van der Waals surface area contributed by atoms with Crippen LogP contribution in [0.25, 0.3) is 10.2 Å². The van der Waals surface area contributed by atoms with Crippen LogP contribution in [0.5, 0.6) is 0 Å². The van der Waals surface area contributed by atoms with Crippen LogP contribution in [-0.4, -0.2) is 36.3 Å². The van der Waals surface area contributed by atoms with E-state index in [-0.39, 0.29) is 0 Å². The van der Waals surface area contributed by atoms with Crippen LogP contribution in [-0.2, 0) is 10.9 Å². The van der Waals surface area contributed by atoms with Crippen LogP contribution in [0.1, 0.15) is 5.56 Å². The van der Waals surface area contributed by atoms with Crippen LogP contribution in [0.15, 0.2) is 18.2 Å². The Bertz CT molecular complexity index is 608. The van der Waals surface area contributed by atoms with Gasteiger partial charge in [0.2, 0.25) is 0 Å². The van der Waals surface area contributed by atoms with Crippen molar-refractivity contribution in [2.75, 3.05) is 31.7 Å². The van der Waals surface area contributed by atoms with E-state index in [2.05, 4.69) is 10.4 Å². The van der Waals surface area contributed by atoms with Gasteiger partial charge in [0.25, 0.3) is 0 Å². The molecule has 3 rings (SSSR count). The Balaban J connectivity index is 1.83. The highest BCUT2D eigenvalue weighted by Crippen LogP contribution is 2.34. The first kappa shape index (κ1) is 13.6. The first-order chi connectivity index (χ1) is 9.52. The molecule has 1 saturated heterocycles. The lowest BCUT2D eigenvalue weighted by molar-refractivity contribution is -0.137. The number of anilines is 1. The predicted molar refractivity (Wildman–Crippen MR) is 70.6 cm³/mol. The highest BCUT2D eigenvalue weighted by Gasteiger charge is 2.30. The van der Waals surface area contributed by atoms with E-state index in [0.29, 0.717) is 23.9 Å². The van der Waals surface area contributed by atoms with Gasteiger partial charge in [-0.2, -0.15) is 13.2 Å². The molecule has 1 aromatic carbocycles. The van der Waals surface area contributed by atoms with Gasteiger partial charge in [0.15, 0.2) is 5.13 Å². The number of rotatable bonds is 2. The van der Waals surface area contributed by atoms with Crippen LogP contribution in [0, 0.1) is 0 Å². The van der Waals surface area contributed by atoms with E-state index in [1.54, 1.807) is 0 Å². The predicted octanol–water partition coefficient (Wildman–Crippen LogP) is 2.97. The summed E-state index contributed by atoms with van der Waals surface area (Å²) >= 11 is 1.34. The van der Waals surface area contributed by atoms with E-state index in [4.69, 9.17) is 4.74 Å². The molecular weight excluding hydrogens is 291 g/mol. The maximum absolute atomic E-state index is 12.6. The van der Waals surface area contributed by atoms with Crippen molar-refractivity contribution >= 4 is 26.7 Å². The summed E-state index contributed by atoms with van der Waals surface area (Å²) in [6.07, 6.45) is -4.34. The van der Waals surface area contributed by atoms with Gasteiger partial charge in [-0.1, -0.05) is 11.3 Å². The number of ether oxygens (including phenoxy) is 1. The molecule has 4 nitrogen and oxygen atoms in total. The van der Waals surface area contributed by atoms with Crippen molar-refractivity contribution in [1.29, 1.82) is 0 Å². The fraction of sp³-hybridized carbons (Fsp3) is 0.417. The second-order valence-electron chi connectivity index (χ2n) is 4.41. The summed E-state index contributed by atoms with van der Waals surface area (Å²) in [5.74, 6) is 0. The first-order valence-electron chi connectivity index (χ1n) is 6.09. The van der Waals surface area contributed by atoms with Crippen molar-refractivity contribution in [1.82, 2.24) is 9.99 Å². The zero-order valence-corrected chi connectivity index (χ0v) is 11.2. The van der Waals surface area contributed by atoms with Gasteiger partial charge < -0.3 is 4.74 Å². The molecule has 8 heteroatoms. The number of hydrazine groups is 1. The summed E-state index contributed by atoms with van der Waals surface area (Å²) in [5, 5.41) is 2.55. The molecule has 1 aromatic heterocycles. The van der Waals surface area contributed by atoms with Crippen LogP contribution >= 0.6 is 11.3 Å².